The fourth-order valence-corrected chi connectivity index (χ4v) is 2.36. The molecule has 134 valence electrons. The number of ether oxygens (including phenoxy) is 3. The molecule has 1 aromatic carbocycles. The van der Waals surface area contributed by atoms with Gasteiger partial charge >= 0.3 is 0 Å². The molecule has 0 aliphatic rings. The molecule has 2 aromatic heterocycles. The van der Waals surface area contributed by atoms with E-state index in [1.54, 1.807) is 58.1 Å². The molecule has 8 heteroatoms. The van der Waals surface area contributed by atoms with Crippen LogP contribution >= 0.6 is 0 Å². The molecule has 0 amide bonds. The average Bonchev–Trinajstić information content (AvgIpc) is 2.68. The second-order valence-corrected chi connectivity index (χ2v) is 5.17. The molecule has 0 bridgehead atoms. The summed E-state index contributed by atoms with van der Waals surface area (Å²) in [4.78, 5) is 12.7. The third-order valence-corrected chi connectivity index (χ3v) is 3.51. The second-order valence-electron chi connectivity index (χ2n) is 5.17. The van der Waals surface area contributed by atoms with E-state index in [0.29, 0.717) is 29.0 Å². The van der Waals surface area contributed by atoms with Gasteiger partial charge in [0.2, 0.25) is 11.7 Å². The summed E-state index contributed by atoms with van der Waals surface area (Å²) in [5.41, 5.74) is 1.54. The highest BCUT2D eigenvalue weighted by Gasteiger charge is 2.13. The van der Waals surface area contributed by atoms with Crippen LogP contribution in [0.4, 0.5) is 23.1 Å². The number of benzene rings is 1. The number of nitrogens with one attached hydrogen (secondary N) is 2. The first-order valence-corrected chi connectivity index (χ1v) is 7.80. The molecule has 2 N–H and O–H groups in total. The number of pyridine rings is 1. The van der Waals surface area contributed by atoms with Gasteiger partial charge in [0.25, 0.3) is 0 Å². The number of nitrogens with zero attached hydrogens (tertiary/aromatic N) is 3. The van der Waals surface area contributed by atoms with Gasteiger partial charge in [-0.05, 0) is 18.2 Å². The maximum atomic E-state index is 5.36. The first kappa shape index (κ1) is 17.3. The molecule has 0 unspecified atom stereocenters. The van der Waals surface area contributed by atoms with E-state index >= 15 is 0 Å². The van der Waals surface area contributed by atoms with E-state index in [1.165, 1.54) is 0 Å². The number of anilines is 4. The Kier molecular flexibility index (Phi) is 5.33. The van der Waals surface area contributed by atoms with Crippen LogP contribution in [0.5, 0.6) is 17.2 Å². The van der Waals surface area contributed by atoms with Crippen molar-refractivity contribution < 1.29 is 14.2 Å². The van der Waals surface area contributed by atoms with Crippen LogP contribution in [0.1, 0.15) is 0 Å². The van der Waals surface area contributed by atoms with Gasteiger partial charge in [0.1, 0.15) is 5.82 Å². The number of aromatic nitrogens is 3. The van der Waals surface area contributed by atoms with Crippen LogP contribution in [0.3, 0.4) is 0 Å². The summed E-state index contributed by atoms with van der Waals surface area (Å²) in [6, 6.07) is 9.09. The molecule has 0 fully saturated rings. The Hall–Kier alpha value is -3.55. The van der Waals surface area contributed by atoms with Crippen molar-refractivity contribution in [3.63, 3.8) is 0 Å². The summed E-state index contributed by atoms with van der Waals surface area (Å²) >= 11 is 0. The summed E-state index contributed by atoms with van der Waals surface area (Å²) < 4.78 is 16.1. The molecule has 0 atom stereocenters. The molecule has 0 aliphatic heterocycles. The van der Waals surface area contributed by atoms with E-state index in [1.807, 2.05) is 12.1 Å². The topological polar surface area (TPSA) is 90.4 Å². The van der Waals surface area contributed by atoms with E-state index in [4.69, 9.17) is 14.2 Å². The van der Waals surface area contributed by atoms with E-state index in [2.05, 4.69) is 25.6 Å². The number of methoxy groups -OCH3 is 3. The highest BCUT2D eigenvalue weighted by atomic mass is 16.5. The van der Waals surface area contributed by atoms with Gasteiger partial charge in [0.15, 0.2) is 11.5 Å². The SMILES string of the molecule is COc1cc(Nc2ccnc(Nc3cccnc3)n2)cc(OC)c1OC. The van der Waals surface area contributed by atoms with Crippen LogP contribution in [0.25, 0.3) is 0 Å². The van der Waals surface area contributed by atoms with Gasteiger partial charge in [-0.25, -0.2) is 4.98 Å². The molecule has 0 radical (unpaired) electrons. The van der Waals surface area contributed by atoms with Gasteiger partial charge in [0, 0.05) is 30.2 Å². The maximum Gasteiger partial charge on any atom is 0.229 e. The van der Waals surface area contributed by atoms with Crippen LogP contribution in [0.2, 0.25) is 0 Å². The second kappa shape index (κ2) is 8.02. The number of hydrogen-bond donors (Lipinski definition) is 2. The number of rotatable bonds is 7. The Bertz CT molecular complexity index is 849. The van der Waals surface area contributed by atoms with E-state index in [0.717, 1.165) is 11.4 Å². The quantitative estimate of drug-likeness (QED) is 0.668. The zero-order valence-corrected chi connectivity index (χ0v) is 14.7. The molecule has 26 heavy (non-hydrogen) atoms. The Morgan fingerprint density at radius 3 is 2.23 bits per heavy atom. The summed E-state index contributed by atoms with van der Waals surface area (Å²) in [6.07, 6.45) is 5.06. The fourth-order valence-electron chi connectivity index (χ4n) is 2.36. The molecule has 2 heterocycles. The van der Waals surface area contributed by atoms with Crippen molar-refractivity contribution in [1.29, 1.82) is 0 Å². The first-order chi connectivity index (χ1) is 12.7. The molecular weight excluding hydrogens is 334 g/mol. The van der Waals surface area contributed by atoms with Crippen molar-refractivity contribution in [2.45, 2.75) is 0 Å². The zero-order chi connectivity index (χ0) is 18.4. The fraction of sp³-hybridized carbons (Fsp3) is 0.167. The highest BCUT2D eigenvalue weighted by molar-refractivity contribution is 5.67. The average molecular weight is 353 g/mol. The van der Waals surface area contributed by atoms with Crippen LogP contribution in [0.15, 0.2) is 48.9 Å². The molecule has 3 rings (SSSR count). The van der Waals surface area contributed by atoms with Gasteiger partial charge in [-0.2, -0.15) is 4.98 Å². The predicted octanol–water partition coefficient (Wildman–Crippen LogP) is 3.38. The third-order valence-electron chi connectivity index (χ3n) is 3.51. The van der Waals surface area contributed by atoms with Crippen LogP contribution < -0.4 is 24.8 Å². The smallest absolute Gasteiger partial charge is 0.229 e. The van der Waals surface area contributed by atoms with Gasteiger partial charge in [0.05, 0.1) is 33.2 Å². The predicted molar refractivity (Wildman–Crippen MR) is 98.9 cm³/mol. The molecule has 3 aromatic rings. The van der Waals surface area contributed by atoms with Crippen molar-refractivity contribution in [3.05, 3.63) is 48.9 Å². The van der Waals surface area contributed by atoms with Crippen molar-refractivity contribution in [2.75, 3.05) is 32.0 Å². The Morgan fingerprint density at radius 1 is 0.846 bits per heavy atom. The third kappa shape index (κ3) is 3.92. The Morgan fingerprint density at radius 2 is 1.62 bits per heavy atom. The van der Waals surface area contributed by atoms with Crippen molar-refractivity contribution >= 4 is 23.1 Å². The molecule has 8 nitrogen and oxygen atoms in total. The monoisotopic (exact) mass is 353 g/mol. The maximum absolute atomic E-state index is 5.36. The summed E-state index contributed by atoms with van der Waals surface area (Å²) in [5.74, 6) is 2.70. The highest BCUT2D eigenvalue weighted by Crippen LogP contribution is 2.40. The lowest BCUT2D eigenvalue weighted by molar-refractivity contribution is 0.324. The lowest BCUT2D eigenvalue weighted by Gasteiger charge is -2.15. The summed E-state index contributed by atoms with van der Waals surface area (Å²) in [5, 5.41) is 6.31. The van der Waals surface area contributed by atoms with E-state index < -0.39 is 0 Å². The zero-order valence-electron chi connectivity index (χ0n) is 14.7. The van der Waals surface area contributed by atoms with Crippen molar-refractivity contribution in [2.24, 2.45) is 0 Å². The van der Waals surface area contributed by atoms with E-state index in [-0.39, 0.29) is 0 Å². The Labute approximate surface area is 151 Å². The summed E-state index contributed by atoms with van der Waals surface area (Å²) in [7, 11) is 4.71. The molecule has 0 saturated carbocycles. The summed E-state index contributed by atoms with van der Waals surface area (Å²) in [6.45, 7) is 0. The van der Waals surface area contributed by atoms with Crippen LogP contribution in [-0.2, 0) is 0 Å². The minimum absolute atomic E-state index is 0.454. The van der Waals surface area contributed by atoms with Crippen LogP contribution in [0, 0.1) is 0 Å². The number of hydrogen-bond acceptors (Lipinski definition) is 8. The van der Waals surface area contributed by atoms with Gasteiger partial charge in [-0.1, -0.05) is 0 Å². The lowest BCUT2D eigenvalue weighted by Crippen LogP contribution is -2.01. The molecule has 0 spiro atoms. The van der Waals surface area contributed by atoms with Gasteiger partial charge < -0.3 is 24.8 Å². The standard InChI is InChI=1S/C18H19N5O3/c1-24-14-9-13(10-15(25-2)17(14)26-3)21-16-6-8-20-18(23-16)22-12-5-4-7-19-11-12/h4-11H,1-3H3,(H2,20,21,22,23). The minimum atomic E-state index is 0.454. The van der Waals surface area contributed by atoms with Gasteiger partial charge in [-0.15, -0.1) is 0 Å². The lowest BCUT2D eigenvalue weighted by atomic mass is 10.2. The van der Waals surface area contributed by atoms with E-state index in [9.17, 15) is 0 Å². The Balaban J connectivity index is 1.84. The minimum Gasteiger partial charge on any atom is -0.493 e. The largest absolute Gasteiger partial charge is 0.493 e. The van der Waals surface area contributed by atoms with Crippen molar-refractivity contribution in [1.82, 2.24) is 15.0 Å². The normalized spacial score (nSPS) is 10.1. The first-order valence-electron chi connectivity index (χ1n) is 7.80. The van der Waals surface area contributed by atoms with Gasteiger partial charge in [-0.3, -0.25) is 4.98 Å². The van der Waals surface area contributed by atoms with Crippen LogP contribution in [-0.4, -0.2) is 36.3 Å². The van der Waals surface area contributed by atoms with Crippen molar-refractivity contribution in [3.8, 4) is 17.2 Å². The molecule has 0 saturated heterocycles. The molecule has 0 aliphatic carbocycles. The molecular formula is C18H19N5O3.